The Morgan fingerprint density at radius 3 is 2.35 bits per heavy atom. The molecule has 5 nitrogen and oxygen atoms in total. The second-order valence-electron chi connectivity index (χ2n) is 7.64. The van der Waals surface area contributed by atoms with Crippen LogP contribution in [0.15, 0.2) is 29.8 Å². The molecule has 0 atom stereocenters. The molecule has 3 rings (SSSR count). The summed E-state index contributed by atoms with van der Waals surface area (Å²) in [6.45, 7) is 3.87. The van der Waals surface area contributed by atoms with Crippen LogP contribution in [0.3, 0.4) is 0 Å². The van der Waals surface area contributed by atoms with E-state index in [2.05, 4.69) is 11.9 Å². The van der Waals surface area contributed by atoms with Gasteiger partial charge in [-0.1, -0.05) is 43.5 Å². The quantitative estimate of drug-likeness (QED) is 0.467. The number of nitrogens with zero attached hydrogens (tertiary/aromatic N) is 1. The summed E-state index contributed by atoms with van der Waals surface area (Å²) in [6.07, 6.45) is 7.95. The average Bonchev–Trinajstić information content (AvgIpc) is 2.59. The normalized spacial score (nSPS) is 20.7. The van der Waals surface area contributed by atoms with Gasteiger partial charge < -0.3 is 9.47 Å². The van der Waals surface area contributed by atoms with E-state index in [1.54, 1.807) is 19.9 Å². The van der Waals surface area contributed by atoms with Crippen LogP contribution in [0.25, 0.3) is 6.08 Å². The van der Waals surface area contributed by atoms with E-state index in [9.17, 15) is 9.59 Å². The minimum absolute atomic E-state index is 0.0582. The van der Waals surface area contributed by atoms with Crippen molar-refractivity contribution < 1.29 is 19.1 Å². The molecular weight excluding hydrogens is 330 g/mol. The van der Waals surface area contributed by atoms with Crippen molar-refractivity contribution in [2.75, 3.05) is 7.05 Å². The third-order valence-corrected chi connectivity index (χ3v) is 5.09. The standard InChI is InChI=1S/C21H27NO4/c1-21(2)25-19(23)18(20(24)26-21)13-15-9-7-8-10-16(15)14-22(3)17-11-5-4-6-12-17/h7-10,13,17H,4-6,11-12,14H2,1-3H3. The molecule has 140 valence electrons. The van der Waals surface area contributed by atoms with Gasteiger partial charge in [0.05, 0.1) is 0 Å². The Bertz CT molecular complexity index is 694. The van der Waals surface area contributed by atoms with Gasteiger partial charge in [-0.2, -0.15) is 0 Å². The number of carbonyl (C=O) groups excluding carboxylic acids is 2. The van der Waals surface area contributed by atoms with Crippen LogP contribution in [0.1, 0.15) is 57.1 Å². The van der Waals surface area contributed by atoms with Gasteiger partial charge in [0.15, 0.2) is 0 Å². The van der Waals surface area contributed by atoms with Crippen molar-refractivity contribution in [3.05, 3.63) is 41.0 Å². The lowest BCUT2D eigenvalue weighted by Crippen LogP contribution is -2.41. The molecule has 0 aromatic heterocycles. The molecule has 0 spiro atoms. The topological polar surface area (TPSA) is 55.8 Å². The van der Waals surface area contributed by atoms with Gasteiger partial charge in [0.2, 0.25) is 0 Å². The molecule has 0 N–H and O–H groups in total. The molecule has 0 amide bonds. The largest absolute Gasteiger partial charge is 0.419 e. The van der Waals surface area contributed by atoms with E-state index in [0.29, 0.717) is 6.04 Å². The van der Waals surface area contributed by atoms with Crippen molar-refractivity contribution >= 4 is 18.0 Å². The molecule has 26 heavy (non-hydrogen) atoms. The first-order chi connectivity index (χ1) is 12.4. The van der Waals surface area contributed by atoms with Gasteiger partial charge in [0, 0.05) is 26.4 Å². The number of benzene rings is 1. The first kappa shape index (κ1) is 18.6. The smallest absolute Gasteiger partial charge is 0.348 e. The summed E-state index contributed by atoms with van der Waals surface area (Å²) in [5.74, 6) is -2.49. The molecular formula is C21H27NO4. The monoisotopic (exact) mass is 357 g/mol. The summed E-state index contributed by atoms with van der Waals surface area (Å²) in [6, 6.07) is 8.42. The van der Waals surface area contributed by atoms with Crippen LogP contribution in [0.5, 0.6) is 0 Å². The summed E-state index contributed by atoms with van der Waals surface area (Å²) in [7, 11) is 2.14. The predicted molar refractivity (Wildman–Crippen MR) is 99.0 cm³/mol. The van der Waals surface area contributed by atoms with Crippen molar-refractivity contribution in [3.63, 3.8) is 0 Å². The highest BCUT2D eigenvalue weighted by Crippen LogP contribution is 2.27. The van der Waals surface area contributed by atoms with Crippen molar-refractivity contribution in [2.45, 2.75) is 64.3 Å². The first-order valence-corrected chi connectivity index (χ1v) is 9.32. The summed E-state index contributed by atoms with van der Waals surface area (Å²) in [4.78, 5) is 26.8. The number of hydrogen-bond donors (Lipinski definition) is 0. The maximum Gasteiger partial charge on any atom is 0.348 e. The maximum atomic E-state index is 12.2. The average molecular weight is 357 g/mol. The molecule has 5 heteroatoms. The zero-order chi connectivity index (χ0) is 18.7. The fourth-order valence-corrected chi connectivity index (χ4v) is 3.67. The molecule has 1 aliphatic carbocycles. The van der Waals surface area contributed by atoms with Crippen LogP contribution < -0.4 is 0 Å². The van der Waals surface area contributed by atoms with Crippen molar-refractivity contribution in [1.82, 2.24) is 4.90 Å². The van der Waals surface area contributed by atoms with E-state index < -0.39 is 17.7 Å². The second-order valence-corrected chi connectivity index (χ2v) is 7.64. The van der Waals surface area contributed by atoms with Gasteiger partial charge in [0.25, 0.3) is 5.79 Å². The Morgan fingerprint density at radius 1 is 1.08 bits per heavy atom. The van der Waals surface area contributed by atoms with E-state index >= 15 is 0 Å². The zero-order valence-electron chi connectivity index (χ0n) is 15.8. The lowest BCUT2D eigenvalue weighted by atomic mass is 9.94. The fourth-order valence-electron chi connectivity index (χ4n) is 3.67. The summed E-state index contributed by atoms with van der Waals surface area (Å²) < 4.78 is 10.4. The van der Waals surface area contributed by atoms with Crippen LogP contribution in [0.2, 0.25) is 0 Å². The summed E-state index contributed by atoms with van der Waals surface area (Å²) in [5.41, 5.74) is 1.87. The highest BCUT2D eigenvalue weighted by molar-refractivity contribution is 6.18. The van der Waals surface area contributed by atoms with E-state index in [1.165, 1.54) is 32.1 Å². The maximum absolute atomic E-state index is 12.2. The fraction of sp³-hybridized carbons (Fsp3) is 0.524. The third kappa shape index (κ3) is 4.33. The van der Waals surface area contributed by atoms with E-state index in [1.807, 2.05) is 24.3 Å². The third-order valence-electron chi connectivity index (χ3n) is 5.09. The van der Waals surface area contributed by atoms with Gasteiger partial charge in [0.1, 0.15) is 5.57 Å². The zero-order valence-corrected chi connectivity index (χ0v) is 15.8. The van der Waals surface area contributed by atoms with Gasteiger partial charge in [-0.05, 0) is 37.1 Å². The van der Waals surface area contributed by atoms with Gasteiger partial charge in [-0.15, -0.1) is 0 Å². The second kappa shape index (κ2) is 7.62. The predicted octanol–water partition coefficient (Wildman–Crippen LogP) is 3.67. The number of cyclic esters (lactones) is 2. The molecule has 1 heterocycles. The Kier molecular flexibility index (Phi) is 5.47. The minimum atomic E-state index is -1.22. The lowest BCUT2D eigenvalue weighted by Gasteiger charge is -2.32. The SMILES string of the molecule is CN(Cc1ccccc1C=C1C(=O)OC(C)(C)OC1=O)C1CCCCC1. The minimum Gasteiger partial charge on any atom is -0.419 e. The van der Waals surface area contributed by atoms with E-state index in [-0.39, 0.29) is 5.57 Å². The summed E-state index contributed by atoms with van der Waals surface area (Å²) in [5, 5.41) is 0. The number of rotatable bonds is 4. The molecule has 1 saturated carbocycles. The molecule has 1 aliphatic heterocycles. The lowest BCUT2D eigenvalue weighted by molar-refractivity contribution is -0.222. The van der Waals surface area contributed by atoms with Crippen molar-refractivity contribution in [1.29, 1.82) is 0 Å². The molecule has 1 aromatic carbocycles. The Morgan fingerprint density at radius 2 is 1.69 bits per heavy atom. The van der Waals surface area contributed by atoms with Crippen LogP contribution in [-0.2, 0) is 25.6 Å². The molecule has 0 radical (unpaired) electrons. The summed E-state index contributed by atoms with van der Waals surface area (Å²) >= 11 is 0. The molecule has 1 saturated heterocycles. The molecule has 2 fully saturated rings. The number of carbonyl (C=O) groups is 2. The number of ether oxygens (including phenoxy) is 2. The van der Waals surface area contributed by atoms with Gasteiger partial charge in [-0.3, -0.25) is 4.90 Å². The van der Waals surface area contributed by atoms with Gasteiger partial charge >= 0.3 is 11.9 Å². The van der Waals surface area contributed by atoms with E-state index in [0.717, 1.165) is 17.7 Å². The molecule has 0 unspecified atom stereocenters. The molecule has 1 aromatic rings. The van der Waals surface area contributed by atoms with Crippen molar-refractivity contribution in [3.8, 4) is 0 Å². The van der Waals surface area contributed by atoms with Crippen molar-refractivity contribution in [2.24, 2.45) is 0 Å². The Labute approximate surface area is 155 Å². The Hall–Kier alpha value is -2.14. The highest BCUT2D eigenvalue weighted by Gasteiger charge is 2.38. The van der Waals surface area contributed by atoms with Crippen LogP contribution in [0, 0.1) is 0 Å². The van der Waals surface area contributed by atoms with E-state index in [4.69, 9.17) is 9.47 Å². The first-order valence-electron chi connectivity index (χ1n) is 9.32. The van der Waals surface area contributed by atoms with Crippen LogP contribution in [-0.4, -0.2) is 35.7 Å². The molecule has 0 bridgehead atoms. The van der Waals surface area contributed by atoms with Crippen LogP contribution >= 0.6 is 0 Å². The van der Waals surface area contributed by atoms with Crippen LogP contribution in [0.4, 0.5) is 0 Å². The number of hydrogen-bond acceptors (Lipinski definition) is 5. The highest BCUT2D eigenvalue weighted by atomic mass is 16.7. The number of esters is 2. The Balaban J connectivity index is 1.81. The van der Waals surface area contributed by atoms with Gasteiger partial charge in [-0.25, -0.2) is 9.59 Å². The molecule has 2 aliphatic rings.